The number of hydrogen-bond acceptors (Lipinski definition) is 5. The summed E-state index contributed by atoms with van der Waals surface area (Å²) in [5, 5.41) is 14.1. The highest BCUT2D eigenvalue weighted by Crippen LogP contribution is 2.20. The molecule has 1 aliphatic heterocycles. The van der Waals surface area contributed by atoms with E-state index < -0.39 is 0 Å². The van der Waals surface area contributed by atoms with Crippen LogP contribution in [0.15, 0.2) is 23.5 Å². The first-order valence-corrected chi connectivity index (χ1v) is 7.07. The van der Waals surface area contributed by atoms with E-state index in [1.54, 1.807) is 6.20 Å². The van der Waals surface area contributed by atoms with Gasteiger partial charge in [0.15, 0.2) is 5.84 Å². The molecular weight excluding hydrogens is 254 g/mol. The maximum absolute atomic E-state index is 8.81. The summed E-state index contributed by atoms with van der Waals surface area (Å²) in [6, 6.07) is 4.83. The van der Waals surface area contributed by atoms with Crippen molar-refractivity contribution in [3.63, 3.8) is 0 Å². The molecule has 2 atom stereocenters. The van der Waals surface area contributed by atoms with Gasteiger partial charge in [-0.25, -0.2) is 5.01 Å². The van der Waals surface area contributed by atoms with E-state index in [4.69, 9.17) is 10.9 Å². The molecular formula is C14H23N5O. The van der Waals surface area contributed by atoms with Gasteiger partial charge in [-0.3, -0.25) is 10.4 Å². The fraction of sp³-hybridized carbons (Fsp3) is 0.571. The molecule has 110 valence electrons. The number of nitrogens with zero attached hydrogens (tertiary/aromatic N) is 3. The molecule has 1 saturated heterocycles. The van der Waals surface area contributed by atoms with E-state index in [2.05, 4.69) is 34.4 Å². The van der Waals surface area contributed by atoms with Crippen molar-refractivity contribution in [2.45, 2.75) is 51.7 Å². The van der Waals surface area contributed by atoms with Gasteiger partial charge >= 0.3 is 0 Å². The largest absolute Gasteiger partial charge is 0.409 e. The molecule has 20 heavy (non-hydrogen) atoms. The van der Waals surface area contributed by atoms with E-state index in [9.17, 15) is 0 Å². The van der Waals surface area contributed by atoms with Crippen molar-refractivity contribution in [2.75, 3.05) is 0 Å². The third-order valence-corrected chi connectivity index (χ3v) is 3.89. The van der Waals surface area contributed by atoms with Gasteiger partial charge in [0.1, 0.15) is 5.69 Å². The summed E-state index contributed by atoms with van der Waals surface area (Å²) in [6.45, 7) is 5.08. The molecule has 0 spiro atoms. The maximum atomic E-state index is 8.81. The van der Waals surface area contributed by atoms with Crippen molar-refractivity contribution in [1.29, 1.82) is 0 Å². The number of piperidine rings is 1. The molecule has 2 heterocycles. The van der Waals surface area contributed by atoms with E-state index in [-0.39, 0.29) is 5.84 Å². The Balaban J connectivity index is 2.07. The second-order valence-electron chi connectivity index (χ2n) is 5.37. The number of rotatable bonds is 4. The summed E-state index contributed by atoms with van der Waals surface area (Å²) in [5.41, 5.74) is 10.6. The minimum Gasteiger partial charge on any atom is -0.409 e. The standard InChI is InChI=1S/C14H23N5O/c1-10-5-3-6-11(2)19(10)17-9-12-7-4-8-16-13(12)14(15)18-20/h4,7-8,10-11,17,20H,3,5-6,9H2,1-2H3,(H2,15,18). The van der Waals surface area contributed by atoms with Crippen LogP contribution in [0, 0.1) is 0 Å². The van der Waals surface area contributed by atoms with Crippen molar-refractivity contribution in [3.8, 4) is 0 Å². The van der Waals surface area contributed by atoms with Crippen LogP contribution in [0.2, 0.25) is 0 Å². The molecule has 0 amide bonds. The Hall–Kier alpha value is -1.66. The van der Waals surface area contributed by atoms with Crippen LogP contribution >= 0.6 is 0 Å². The average molecular weight is 277 g/mol. The van der Waals surface area contributed by atoms with E-state index >= 15 is 0 Å². The SMILES string of the molecule is CC1CCCC(C)N1NCc1cccnc1/C(N)=N/O. The highest BCUT2D eigenvalue weighted by Gasteiger charge is 2.24. The zero-order chi connectivity index (χ0) is 14.5. The fourth-order valence-electron chi connectivity index (χ4n) is 2.77. The zero-order valence-electron chi connectivity index (χ0n) is 12.1. The molecule has 1 aromatic rings. The fourth-order valence-corrected chi connectivity index (χ4v) is 2.77. The maximum Gasteiger partial charge on any atom is 0.189 e. The first kappa shape index (κ1) is 14.7. The normalized spacial score (nSPS) is 24.8. The smallest absolute Gasteiger partial charge is 0.189 e. The van der Waals surface area contributed by atoms with Gasteiger partial charge in [0.25, 0.3) is 0 Å². The predicted molar refractivity (Wildman–Crippen MR) is 78.2 cm³/mol. The second kappa shape index (κ2) is 6.67. The summed E-state index contributed by atoms with van der Waals surface area (Å²) in [4.78, 5) is 4.18. The zero-order valence-corrected chi connectivity index (χ0v) is 12.1. The topological polar surface area (TPSA) is 86.8 Å². The lowest BCUT2D eigenvalue weighted by atomic mass is 10.00. The first-order valence-electron chi connectivity index (χ1n) is 7.07. The van der Waals surface area contributed by atoms with Gasteiger partial charge in [0.2, 0.25) is 0 Å². The number of hydrogen-bond donors (Lipinski definition) is 3. The lowest BCUT2D eigenvalue weighted by molar-refractivity contribution is 0.0435. The molecule has 4 N–H and O–H groups in total. The lowest BCUT2D eigenvalue weighted by Gasteiger charge is -2.39. The molecule has 0 radical (unpaired) electrons. The Morgan fingerprint density at radius 3 is 2.85 bits per heavy atom. The number of nitrogens with two attached hydrogens (primary N) is 1. The minimum atomic E-state index is 0.0436. The summed E-state index contributed by atoms with van der Waals surface area (Å²) < 4.78 is 0. The summed E-state index contributed by atoms with van der Waals surface area (Å²) in [7, 11) is 0. The predicted octanol–water partition coefficient (Wildman–Crippen LogP) is 1.44. The van der Waals surface area contributed by atoms with Crippen molar-refractivity contribution in [2.24, 2.45) is 10.9 Å². The van der Waals surface area contributed by atoms with Gasteiger partial charge in [0, 0.05) is 24.8 Å². The number of hydrazine groups is 1. The summed E-state index contributed by atoms with van der Waals surface area (Å²) in [5.74, 6) is 0.0436. The van der Waals surface area contributed by atoms with E-state index in [1.165, 1.54) is 19.3 Å². The molecule has 0 aliphatic carbocycles. The molecule has 1 aliphatic rings. The number of oxime groups is 1. The van der Waals surface area contributed by atoms with Gasteiger partial charge in [-0.15, -0.1) is 0 Å². The summed E-state index contributed by atoms with van der Waals surface area (Å²) in [6.07, 6.45) is 5.33. The number of amidine groups is 1. The quantitative estimate of drug-likeness (QED) is 0.335. The lowest BCUT2D eigenvalue weighted by Crippen LogP contribution is -2.51. The van der Waals surface area contributed by atoms with Crippen LogP contribution in [0.4, 0.5) is 0 Å². The van der Waals surface area contributed by atoms with Crippen LogP contribution in [0.5, 0.6) is 0 Å². The van der Waals surface area contributed by atoms with E-state index in [1.807, 2.05) is 12.1 Å². The molecule has 1 aromatic heterocycles. The van der Waals surface area contributed by atoms with Gasteiger partial charge in [0.05, 0.1) is 0 Å². The molecule has 2 rings (SSSR count). The minimum absolute atomic E-state index is 0.0436. The monoisotopic (exact) mass is 277 g/mol. The number of nitrogens with one attached hydrogen (secondary N) is 1. The Morgan fingerprint density at radius 1 is 1.50 bits per heavy atom. The van der Waals surface area contributed by atoms with Gasteiger partial charge in [-0.2, -0.15) is 0 Å². The van der Waals surface area contributed by atoms with Crippen LogP contribution in [-0.2, 0) is 6.54 Å². The molecule has 0 saturated carbocycles. The Kier molecular flexibility index (Phi) is 4.92. The average Bonchev–Trinajstić information content (AvgIpc) is 2.46. The van der Waals surface area contributed by atoms with Crippen molar-refractivity contribution in [3.05, 3.63) is 29.6 Å². The van der Waals surface area contributed by atoms with Gasteiger partial charge in [-0.1, -0.05) is 17.6 Å². The molecule has 0 aromatic carbocycles. The van der Waals surface area contributed by atoms with Gasteiger partial charge < -0.3 is 10.9 Å². The van der Waals surface area contributed by atoms with Crippen LogP contribution in [0.3, 0.4) is 0 Å². The Morgan fingerprint density at radius 2 is 2.20 bits per heavy atom. The molecule has 1 fully saturated rings. The van der Waals surface area contributed by atoms with Crippen LogP contribution in [0.1, 0.15) is 44.4 Å². The first-order chi connectivity index (χ1) is 9.63. The summed E-state index contributed by atoms with van der Waals surface area (Å²) >= 11 is 0. The van der Waals surface area contributed by atoms with Crippen molar-refractivity contribution < 1.29 is 5.21 Å². The van der Waals surface area contributed by atoms with Gasteiger partial charge in [-0.05, 0) is 38.3 Å². The molecule has 6 heteroatoms. The van der Waals surface area contributed by atoms with Crippen LogP contribution in [-0.4, -0.2) is 33.1 Å². The van der Waals surface area contributed by atoms with Crippen molar-refractivity contribution >= 4 is 5.84 Å². The second-order valence-corrected chi connectivity index (χ2v) is 5.37. The highest BCUT2D eigenvalue weighted by atomic mass is 16.4. The van der Waals surface area contributed by atoms with Crippen molar-refractivity contribution in [1.82, 2.24) is 15.4 Å². The number of aromatic nitrogens is 1. The molecule has 2 unspecified atom stereocenters. The van der Waals surface area contributed by atoms with E-state index in [0.29, 0.717) is 24.3 Å². The van der Waals surface area contributed by atoms with Crippen LogP contribution in [0.25, 0.3) is 0 Å². The Bertz CT molecular complexity index is 466. The highest BCUT2D eigenvalue weighted by molar-refractivity contribution is 5.96. The molecule has 0 bridgehead atoms. The third kappa shape index (κ3) is 3.26. The van der Waals surface area contributed by atoms with E-state index in [0.717, 1.165) is 5.56 Å². The Labute approximate surface area is 119 Å². The molecule has 6 nitrogen and oxygen atoms in total. The number of pyridine rings is 1. The van der Waals surface area contributed by atoms with Crippen LogP contribution < -0.4 is 11.2 Å². The third-order valence-electron chi connectivity index (χ3n) is 3.89.